The van der Waals surface area contributed by atoms with Crippen LogP contribution in [0.1, 0.15) is 11.8 Å². The maximum Gasteiger partial charge on any atom is 0.165 e. The standard InChI is InChI=1S/C8H9F2NO2/c1-13-7-3-5(9)4(8(11)12)2-6(7)10/h2-3,8,12H,11H2,1H3. The molecule has 72 valence electrons. The minimum Gasteiger partial charge on any atom is -0.494 e. The number of aliphatic hydroxyl groups excluding tert-OH is 1. The number of ether oxygens (including phenoxy) is 1. The highest BCUT2D eigenvalue weighted by molar-refractivity contribution is 5.31. The molecule has 0 amide bonds. The van der Waals surface area contributed by atoms with Crippen molar-refractivity contribution in [3.8, 4) is 5.75 Å². The van der Waals surface area contributed by atoms with Crippen molar-refractivity contribution in [3.05, 3.63) is 29.3 Å². The van der Waals surface area contributed by atoms with Gasteiger partial charge in [0.05, 0.1) is 7.11 Å². The SMILES string of the molecule is COc1cc(F)c(C(N)O)cc1F. The topological polar surface area (TPSA) is 55.5 Å². The Morgan fingerprint density at radius 1 is 1.38 bits per heavy atom. The van der Waals surface area contributed by atoms with Crippen molar-refractivity contribution in [1.82, 2.24) is 0 Å². The fourth-order valence-electron chi connectivity index (χ4n) is 0.927. The first-order chi connectivity index (χ1) is 6.06. The monoisotopic (exact) mass is 189 g/mol. The van der Waals surface area contributed by atoms with Gasteiger partial charge in [0.2, 0.25) is 0 Å². The molecular formula is C8H9F2NO2. The average Bonchev–Trinajstić information content (AvgIpc) is 2.07. The highest BCUT2D eigenvalue weighted by atomic mass is 19.1. The first kappa shape index (κ1) is 9.88. The molecule has 0 radical (unpaired) electrons. The van der Waals surface area contributed by atoms with Gasteiger partial charge in [-0.1, -0.05) is 0 Å². The molecule has 1 aromatic rings. The first-order valence-electron chi connectivity index (χ1n) is 3.53. The van der Waals surface area contributed by atoms with Gasteiger partial charge in [0.15, 0.2) is 11.6 Å². The molecule has 3 nitrogen and oxygen atoms in total. The maximum absolute atomic E-state index is 13.0. The van der Waals surface area contributed by atoms with E-state index in [-0.39, 0.29) is 11.3 Å². The Morgan fingerprint density at radius 3 is 2.46 bits per heavy atom. The summed E-state index contributed by atoms with van der Waals surface area (Å²) in [6.07, 6.45) is -1.53. The van der Waals surface area contributed by atoms with Gasteiger partial charge < -0.3 is 15.6 Å². The molecule has 1 rings (SSSR count). The zero-order chi connectivity index (χ0) is 10.0. The molecule has 0 fully saturated rings. The molecule has 0 aliphatic rings. The van der Waals surface area contributed by atoms with E-state index in [1.807, 2.05) is 0 Å². The van der Waals surface area contributed by atoms with E-state index < -0.39 is 17.9 Å². The third kappa shape index (κ3) is 1.93. The van der Waals surface area contributed by atoms with Crippen molar-refractivity contribution in [1.29, 1.82) is 0 Å². The number of halogens is 2. The first-order valence-corrected chi connectivity index (χ1v) is 3.53. The molecule has 1 unspecified atom stereocenters. The van der Waals surface area contributed by atoms with E-state index >= 15 is 0 Å². The van der Waals surface area contributed by atoms with Crippen molar-refractivity contribution in [2.75, 3.05) is 7.11 Å². The van der Waals surface area contributed by atoms with Crippen LogP contribution in [0.5, 0.6) is 5.75 Å². The van der Waals surface area contributed by atoms with Crippen LogP contribution < -0.4 is 10.5 Å². The van der Waals surface area contributed by atoms with E-state index in [2.05, 4.69) is 4.74 Å². The van der Waals surface area contributed by atoms with E-state index in [1.54, 1.807) is 0 Å². The van der Waals surface area contributed by atoms with E-state index in [9.17, 15) is 8.78 Å². The number of hydrogen-bond acceptors (Lipinski definition) is 3. The van der Waals surface area contributed by atoms with Crippen molar-refractivity contribution >= 4 is 0 Å². The number of methoxy groups -OCH3 is 1. The lowest BCUT2D eigenvalue weighted by Gasteiger charge is -2.08. The molecule has 3 N–H and O–H groups in total. The lowest BCUT2D eigenvalue weighted by atomic mass is 10.1. The number of aliphatic hydroxyl groups is 1. The lowest BCUT2D eigenvalue weighted by molar-refractivity contribution is 0.180. The Labute approximate surface area is 73.7 Å². The summed E-state index contributed by atoms with van der Waals surface area (Å²) in [5.41, 5.74) is 4.69. The average molecular weight is 189 g/mol. The van der Waals surface area contributed by atoms with Crippen molar-refractivity contribution < 1.29 is 18.6 Å². The molecule has 1 aromatic carbocycles. The normalized spacial score (nSPS) is 12.7. The van der Waals surface area contributed by atoms with Crippen LogP contribution in [0, 0.1) is 11.6 Å². The minimum atomic E-state index is -1.53. The Balaban J connectivity index is 3.20. The highest BCUT2D eigenvalue weighted by Gasteiger charge is 2.13. The summed E-state index contributed by atoms with van der Waals surface area (Å²) in [6.45, 7) is 0. The summed E-state index contributed by atoms with van der Waals surface area (Å²) in [5, 5.41) is 8.82. The van der Waals surface area contributed by atoms with E-state index in [4.69, 9.17) is 10.8 Å². The third-order valence-corrected chi connectivity index (χ3v) is 1.59. The Kier molecular flexibility index (Phi) is 2.79. The van der Waals surface area contributed by atoms with Gasteiger partial charge in [-0.05, 0) is 6.07 Å². The predicted molar refractivity (Wildman–Crippen MR) is 42.1 cm³/mol. The zero-order valence-corrected chi connectivity index (χ0v) is 6.92. The second-order valence-corrected chi connectivity index (χ2v) is 2.45. The maximum atomic E-state index is 13.0. The van der Waals surface area contributed by atoms with Gasteiger partial charge in [0, 0.05) is 11.6 Å². The molecule has 0 spiro atoms. The van der Waals surface area contributed by atoms with Gasteiger partial charge in [0.25, 0.3) is 0 Å². The second-order valence-electron chi connectivity index (χ2n) is 2.45. The second kappa shape index (κ2) is 3.67. The molecule has 5 heteroatoms. The Hall–Kier alpha value is -1.20. The van der Waals surface area contributed by atoms with Crippen LogP contribution in [0.3, 0.4) is 0 Å². The van der Waals surface area contributed by atoms with Gasteiger partial charge in [-0.2, -0.15) is 0 Å². The number of benzene rings is 1. The van der Waals surface area contributed by atoms with Gasteiger partial charge in [-0.25, -0.2) is 8.78 Å². The lowest BCUT2D eigenvalue weighted by Crippen LogP contribution is -2.11. The van der Waals surface area contributed by atoms with Crippen LogP contribution in [0.2, 0.25) is 0 Å². The Bertz CT molecular complexity index is 315. The number of hydrogen-bond donors (Lipinski definition) is 2. The molecule has 0 bridgehead atoms. The molecule has 0 aliphatic heterocycles. The van der Waals surface area contributed by atoms with E-state index in [0.29, 0.717) is 0 Å². The largest absolute Gasteiger partial charge is 0.494 e. The quantitative estimate of drug-likeness (QED) is 0.680. The molecular weight excluding hydrogens is 180 g/mol. The van der Waals surface area contributed by atoms with Crippen LogP contribution >= 0.6 is 0 Å². The summed E-state index contributed by atoms with van der Waals surface area (Å²) in [5.74, 6) is -1.78. The van der Waals surface area contributed by atoms with E-state index in [0.717, 1.165) is 12.1 Å². The summed E-state index contributed by atoms with van der Waals surface area (Å²) < 4.78 is 30.4. The molecule has 13 heavy (non-hydrogen) atoms. The zero-order valence-electron chi connectivity index (χ0n) is 6.92. The van der Waals surface area contributed by atoms with Gasteiger partial charge in [-0.15, -0.1) is 0 Å². The van der Waals surface area contributed by atoms with Crippen molar-refractivity contribution in [2.24, 2.45) is 5.73 Å². The smallest absolute Gasteiger partial charge is 0.165 e. The van der Waals surface area contributed by atoms with Gasteiger partial charge >= 0.3 is 0 Å². The van der Waals surface area contributed by atoms with Crippen LogP contribution in [-0.4, -0.2) is 12.2 Å². The molecule has 0 aromatic heterocycles. The fraction of sp³-hybridized carbons (Fsp3) is 0.250. The summed E-state index contributed by atoms with van der Waals surface area (Å²) >= 11 is 0. The summed E-state index contributed by atoms with van der Waals surface area (Å²) in [7, 11) is 1.22. The minimum absolute atomic E-state index is 0.220. The summed E-state index contributed by atoms with van der Waals surface area (Å²) in [4.78, 5) is 0. The molecule has 0 saturated carbocycles. The van der Waals surface area contributed by atoms with Crippen molar-refractivity contribution in [3.63, 3.8) is 0 Å². The van der Waals surface area contributed by atoms with Crippen LogP contribution in [0.25, 0.3) is 0 Å². The third-order valence-electron chi connectivity index (χ3n) is 1.59. The van der Waals surface area contributed by atoms with Gasteiger partial charge in [-0.3, -0.25) is 0 Å². The molecule has 0 heterocycles. The number of rotatable bonds is 2. The molecule has 0 aliphatic carbocycles. The summed E-state index contributed by atoms with van der Waals surface area (Å²) in [6, 6.07) is 1.64. The van der Waals surface area contributed by atoms with E-state index in [1.165, 1.54) is 7.11 Å². The Morgan fingerprint density at radius 2 is 2.00 bits per heavy atom. The van der Waals surface area contributed by atoms with Crippen molar-refractivity contribution in [2.45, 2.75) is 6.23 Å². The van der Waals surface area contributed by atoms with Crippen LogP contribution in [0.15, 0.2) is 12.1 Å². The van der Waals surface area contributed by atoms with Gasteiger partial charge in [0.1, 0.15) is 12.0 Å². The highest BCUT2D eigenvalue weighted by Crippen LogP contribution is 2.23. The number of nitrogens with two attached hydrogens (primary N) is 1. The fourth-order valence-corrected chi connectivity index (χ4v) is 0.927. The predicted octanol–water partition coefficient (Wildman–Crippen LogP) is 0.923. The van der Waals surface area contributed by atoms with Crippen LogP contribution in [0.4, 0.5) is 8.78 Å². The van der Waals surface area contributed by atoms with Crippen LogP contribution in [-0.2, 0) is 0 Å². The molecule has 0 saturated heterocycles. The molecule has 1 atom stereocenters.